The number of hydrogen-bond acceptors (Lipinski definition) is 5. The molecule has 27 heavy (non-hydrogen) atoms. The van der Waals surface area contributed by atoms with Crippen LogP contribution in [0.5, 0.6) is 5.75 Å². The number of carbonyl (C=O) groups excluding carboxylic acids is 1. The van der Waals surface area contributed by atoms with Gasteiger partial charge in [0.15, 0.2) is 5.76 Å². The minimum absolute atomic E-state index is 0.141. The molecule has 0 radical (unpaired) electrons. The highest BCUT2D eigenvalue weighted by Gasteiger charge is 2.19. The Balaban J connectivity index is 1.50. The van der Waals surface area contributed by atoms with Crippen LogP contribution in [0.15, 0.2) is 40.8 Å². The van der Waals surface area contributed by atoms with Gasteiger partial charge in [-0.05, 0) is 30.2 Å². The van der Waals surface area contributed by atoms with Gasteiger partial charge in [-0.25, -0.2) is 0 Å². The molecule has 0 unspecified atom stereocenters. The maximum absolute atomic E-state index is 12.1. The second-order valence-corrected chi connectivity index (χ2v) is 7.33. The van der Waals surface area contributed by atoms with Crippen molar-refractivity contribution in [2.75, 3.05) is 44.7 Å². The molecule has 2 aromatic rings. The Hall–Kier alpha value is -2.47. The van der Waals surface area contributed by atoms with Crippen LogP contribution < -0.4 is 15.0 Å². The number of rotatable bonds is 7. The molecule has 1 fully saturated rings. The van der Waals surface area contributed by atoms with E-state index in [2.05, 4.69) is 41.1 Å². The third-order valence-corrected chi connectivity index (χ3v) is 4.73. The van der Waals surface area contributed by atoms with Crippen LogP contribution in [0.1, 0.15) is 30.2 Å². The van der Waals surface area contributed by atoms with Gasteiger partial charge in [-0.1, -0.05) is 19.9 Å². The summed E-state index contributed by atoms with van der Waals surface area (Å²) in [7, 11) is 1.69. The fourth-order valence-corrected chi connectivity index (χ4v) is 3.16. The largest absolute Gasteiger partial charge is 0.497 e. The van der Waals surface area contributed by atoms with Crippen LogP contribution in [-0.4, -0.2) is 50.6 Å². The predicted molar refractivity (Wildman–Crippen MR) is 106 cm³/mol. The van der Waals surface area contributed by atoms with Gasteiger partial charge in [0.2, 0.25) is 0 Å². The molecule has 1 saturated heterocycles. The maximum atomic E-state index is 12.1. The van der Waals surface area contributed by atoms with E-state index in [-0.39, 0.29) is 5.91 Å². The van der Waals surface area contributed by atoms with E-state index in [9.17, 15) is 4.79 Å². The number of anilines is 1. The van der Waals surface area contributed by atoms with E-state index in [4.69, 9.17) is 9.15 Å². The minimum Gasteiger partial charge on any atom is -0.497 e. The van der Waals surface area contributed by atoms with Crippen LogP contribution in [-0.2, 0) is 6.54 Å². The summed E-state index contributed by atoms with van der Waals surface area (Å²) >= 11 is 0. The third-order valence-electron chi connectivity index (χ3n) is 4.73. The fraction of sp³-hybridized carbons (Fsp3) is 0.476. The maximum Gasteiger partial charge on any atom is 0.287 e. The highest BCUT2D eigenvalue weighted by atomic mass is 16.5. The average Bonchev–Trinajstić information content (AvgIpc) is 3.15. The number of nitrogens with zero attached hydrogens (tertiary/aromatic N) is 2. The zero-order valence-corrected chi connectivity index (χ0v) is 16.4. The van der Waals surface area contributed by atoms with Crippen molar-refractivity contribution in [2.45, 2.75) is 20.4 Å². The van der Waals surface area contributed by atoms with E-state index in [1.807, 2.05) is 18.2 Å². The molecule has 1 aromatic heterocycles. The normalized spacial score (nSPS) is 15.2. The molecule has 0 aliphatic carbocycles. The minimum atomic E-state index is -0.141. The van der Waals surface area contributed by atoms with Gasteiger partial charge in [-0.3, -0.25) is 9.69 Å². The Bertz CT molecular complexity index is 749. The van der Waals surface area contributed by atoms with E-state index >= 15 is 0 Å². The molecular weight excluding hydrogens is 342 g/mol. The van der Waals surface area contributed by atoms with Crippen molar-refractivity contribution < 1.29 is 13.9 Å². The average molecular weight is 371 g/mol. The highest BCUT2D eigenvalue weighted by Crippen LogP contribution is 2.22. The van der Waals surface area contributed by atoms with Crippen LogP contribution >= 0.6 is 0 Å². The number of carbonyl (C=O) groups is 1. The third kappa shape index (κ3) is 5.26. The Morgan fingerprint density at radius 3 is 2.67 bits per heavy atom. The molecule has 1 amide bonds. The van der Waals surface area contributed by atoms with E-state index in [1.54, 1.807) is 13.2 Å². The summed E-state index contributed by atoms with van der Waals surface area (Å²) in [6, 6.07) is 11.8. The molecule has 1 aromatic carbocycles. The van der Waals surface area contributed by atoms with Crippen molar-refractivity contribution in [3.8, 4) is 5.75 Å². The van der Waals surface area contributed by atoms with Gasteiger partial charge >= 0.3 is 0 Å². The molecule has 146 valence electrons. The highest BCUT2D eigenvalue weighted by molar-refractivity contribution is 5.91. The van der Waals surface area contributed by atoms with Crippen LogP contribution in [0.4, 0.5) is 5.69 Å². The molecular formula is C21H29N3O3. The summed E-state index contributed by atoms with van der Waals surface area (Å²) < 4.78 is 11.1. The standard InChI is InChI=1S/C21H29N3O3/c1-16(2)14-22-21(25)20-8-7-19(27-20)15-23-9-11-24(12-10-23)17-5-4-6-18(13-17)26-3/h4-8,13,16H,9-12,14-15H2,1-3H3,(H,22,25). The Kier molecular flexibility index (Phi) is 6.40. The first-order chi connectivity index (χ1) is 13.0. The molecule has 1 N–H and O–H groups in total. The van der Waals surface area contributed by atoms with Crippen molar-refractivity contribution in [3.05, 3.63) is 47.9 Å². The summed E-state index contributed by atoms with van der Waals surface area (Å²) in [4.78, 5) is 16.8. The lowest BCUT2D eigenvalue weighted by Gasteiger charge is -2.35. The summed E-state index contributed by atoms with van der Waals surface area (Å²) in [6.07, 6.45) is 0. The van der Waals surface area contributed by atoms with Gasteiger partial charge in [0.1, 0.15) is 11.5 Å². The van der Waals surface area contributed by atoms with Crippen LogP contribution in [0.3, 0.4) is 0 Å². The number of benzene rings is 1. The molecule has 1 aliphatic heterocycles. The van der Waals surface area contributed by atoms with E-state index in [1.165, 1.54) is 5.69 Å². The molecule has 2 heterocycles. The number of nitrogens with one attached hydrogen (secondary N) is 1. The molecule has 6 nitrogen and oxygen atoms in total. The Morgan fingerprint density at radius 1 is 1.19 bits per heavy atom. The first-order valence-corrected chi connectivity index (χ1v) is 9.53. The number of methoxy groups -OCH3 is 1. The van der Waals surface area contributed by atoms with Crippen LogP contribution in [0.2, 0.25) is 0 Å². The van der Waals surface area contributed by atoms with E-state index in [0.717, 1.165) is 44.2 Å². The topological polar surface area (TPSA) is 58.0 Å². The molecule has 0 bridgehead atoms. The molecule has 0 atom stereocenters. The summed E-state index contributed by atoms with van der Waals surface area (Å²) in [5, 5.41) is 2.89. The smallest absolute Gasteiger partial charge is 0.287 e. The number of hydrogen-bond donors (Lipinski definition) is 1. The van der Waals surface area contributed by atoms with Crippen molar-refractivity contribution >= 4 is 11.6 Å². The number of ether oxygens (including phenoxy) is 1. The van der Waals surface area contributed by atoms with Crippen molar-refractivity contribution in [1.82, 2.24) is 10.2 Å². The Morgan fingerprint density at radius 2 is 1.96 bits per heavy atom. The van der Waals surface area contributed by atoms with Gasteiger partial charge in [0.05, 0.1) is 13.7 Å². The Labute approximate surface area is 161 Å². The second-order valence-electron chi connectivity index (χ2n) is 7.33. The van der Waals surface area contributed by atoms with E-state index < -0.39 is 0 Å². The lowest BCUT2D eigenvalue weighted by atomic mass is 10.2. The molecule has 0 spiro atoms. The van der Waals surface area contributed by atoms with E-state index in [0.29, 0.717) is 18.2 Å². The molecule has 0 saturated carbocycles. The number of amides is 1. The van der Waals surface area contributed by atoms with Crippen molar-refractivity contribution in [3.63, 3.8) is 0 Å². The lowest BCUT2D eigenvalue weighted by molar-refractivity contribution is 0.0917. The number of furan rings is 1. The molecule has 3 rings (SSSR count). The number of piperazine rings is 1. The van der Waals surface area contributed by atoms with Gasteiger partial charge in [0.25, 0.3) is 5.91 Å². The second kappa shape index (κ2) is 8.95. The summed E-state index contributed by atoms with van der Waals surface area (Å²) in [5.41, 5.74) is 1.19. The quantitative estimate of drug-likeness (QED) is 0.811. The first-order valence-electron chi connectivity index (χ1n) is 9.53. The zero-order chi connectivity index (χ0) is 19.2. The van der Waals surface area contributed by atoms with Gasteiger partial charge < -0.3 is 19.4 Å². The van der Waals surface area contributed by atoms with Gasteiger partial charge in [-0.2, -0.15) is 0 Å². The molecule has 1 aliphatic rings. The fourth-order valence-electron chi connectivity index (χ4n) is 3.16. The summed E-state index contributed by atoms with van der Waals surface area (Å²) in [6.45, 7) is 9.33. The van der Waals surface area contributed by atoms with Gasteiger partial charge in [-0.15, -0.1) is 0 Å². The lowest BCUT2D eigenvalue weighted by Crippen LogP contribution is -2.45. The monoisotopic (exact) mass is 371 g/mol. The molecule has 6 heteroatoms. The zero-order valence-electron chi connectivity index (χ0n) is 16.4. The summed E-state index contributed by atoms with van der Waals surface area (Å²) in [5.74, 6) is 2.39. The first kappa shape index (κ1) is 19.3. The van der Waals surface area contributed by atoms with Crippen LogP contribution in [0.25, 0.3) is 0 Å². The SMILES string of the molecule is COc1cccc(N2CCN(Cc3ccc(C(=O)NCC(C)C)o3)CC2)c1. The van der Waals surface area contributed by atoms with Crippen LogP contribution in [0, 0.1) is 5.92 Å². The van der Waals surface area contributed by atoms with Crippen molar-refractivity contribution in [2.24, 2.45) is 5.92 Å². The predicted octanol–water partition coefficient (Wildman–Crippen LogP) is 3.00. The van der Waals surface area contributed by atoms with Crippen molar-refractivity contribution in [1.29, 1.82) is 0 Å². The van der Waals surface area contributed by atoms with Gasteiger partial charge in [0, 0.05) is 44.5 Å².